The third-order valence-corrected chi connectivity index (χ3v) is 18.6. The van der Waals surface area contributed by atoms with Crippen LogP contribution in [0.4, 0.5) is 0 Å². The topological polar surface area (TPSA) is 709 Å². The van der Waals surface area contributed by atoms with E-state index in [9.17, 15) is 131 Å². The van der Waals surface area contributed by atoms with E-state index in [0.717, 1.165) is 34.6 Å². The predicted molar refractivity (Wildman–Crippen MR) is 322 cm³/mol. The molecular formula is C58H97N5O41. The van der Waals surface area contributed by atoms with Crippen molar-refractivity contribution in [2.75, 3.05) is 52.9 Å². The van der Waals surface area contributed by atoms with E-state index in [4.69, 9.17) is 71.1 Å². The van der Waals surface area contributed by atoms with Crippen LogP contribution in [0.3, 0.4) is 0 Å². The number of aliphatic hydroxyl groups is 21. The summed E-state index contributed by atoms with van der Waals surface area (Å²) in [4.78, 5) is 62.4. The van der Waals surface area contributed by atoms with E-state index in [1.807, 2.05) is 0 Å². The summed E-state index contributed by atoms with van der Waals surface area (Å²) >= 11 is 0. The van der Waals surface area contributed by atoms with Crippen LogP contribution in [0.1, 0.15) is 34.6 Å². The molecule has 104 heavy (non-hydrogen) atoms. The number of hydrogen-bond donors (Lipinski definition) is 26. The first kappa shape index (κ1) is 85.5. The summed E-state index contributed by atoms with van der Waals surface area (Å²) in [5.41, 5.74) is 0. The molecule has 0 aromatic heterocycles. The zero-order valence-corrected chi connectivity index (χ0v) is 56.3. The first-order valence-electron chi connectivity index (χ1n) is 33.1. The number of carbonyl (C=O) groups excluding carboxylic acids is 5. The Hall–Kier alpha value is -4.09. The van der Waals surface area contributed by atoms with Crippen molar-refractivity contribution in [1.29, 1.82) is 0 Å². The van der Waals surface area contributed by atoms with Gasteiger partial charge in [-0.25, -0.2) is 0 Å². The maximum absolute atomic E-state index is 12.9. The molecule has 0 unspecified atom stereocenters. The summed E-state index contributed by atoms with van der Waals surface area (Å²) in [6.07, 6.45) is -71.5. The van der Waals surface area contributed by atoms with Gasteiger partial charge in [0.1, 0.15) is 195 Å². The maximum Gasteiger partial charge on any atom is 0.217 e. The van der Waals surface area contributed by atoms with Crippen LogP contribution in [0.25, 0.3) is 0 Å². The Labute approximate surface area is 589 Å². The highest BCUT2D eigenvalue weighted by molar-refractivity contribution is 5.75. The molecule has 46 nitrogen and oxygen atoms in total. The first-order valence-corrected chi connectivity index (χ1v) is 33.1. The number of rotatable bonds is 27. The first-order chi connectivity index (χ1) is 49.2. The van der Waals surface area contributed by atoms with E-state index in [0.29, 0.717) is 0 Å². The summed E-state index contributed by atoms with van der Waals surface area (Å²) < 4.78 is 89.3. The average molecular weight is 1520 g/mol. The van der Waals surface area contributed by atoms with Crippen LogP contribution < -0.4 is 26.6 Å². The second kappa shape index (κ2) is 37.5. The molecule has 0 aromatic rings. The lowest BCUT2D eigenvalue weighted by molar-refractivity contribution is -0.402. The van der Waals surface area contributed by atoms with Crippen LogP contribution in [0, 0.1) is 0 Å². The summed E-state index contributed by atoms with van der Waals surface area (Å²) in [7, 11) is 0. The van der Waals surface area contributed by atoms with Crippen molar-refractivity contribution in [3.05, 3.63) is 0 Å². The molecule has 26 N–H and O–H groups in total. The van der Waals surface area contributed by atoms with Gasteiger partial charge in [0.15, 0.2) is 50.3 Å². The molecule has 0 aliphatic carbocycles. The van der Waals surface area contributed by atoms with Gasteiger partial charge >= 0.3 is 0 Å². The Bertz CT molecular complexity index is 2770. The van der Waals surface area contributed by atoms with Crippen molar-refractivity contribution in [1.82, 2.24) is 26.6 Å². The van der Waals surface area contributed by atoms with Crippen molar-refractivity contribution in [2.24, 2.45) is 0 Å². The van der Waals surface area contributed by atoms with E-state index in [2.05, 4.69) is 26.6 Å². The Morgan fingerprint density at radius 1 is 0.250 bits per heavy atom. The molecule has 8 aliphatic heterocycles. The van der Waals surface area contributed by atoms with Gasteiger partial charge in [0, 0.05) is 34.6 Å². The van der Waals surface area contributed by atoms with Crippen LogP contribution in [-0.2, 0) is 95.0 Å². The van der Waals surface area contributed by atoms with Crippen molar-refractivity contribution >= 4 is 29.5 Å². The van der Waals surface area contributed by atoms with Crippen molar-refractivity contribution in [3.63, 3.8) is 0 Å². The molecule has 8 heterocycles. The van der Waals surface area contributed by atoms with Gasteiger partial charge in [-0.1, -0.05) is 0 Å². The molecule has 46 heteroatoms. The minimum absolute atomic E-state index is 0.773. The molecule has 0 aromatic carbocycles. The predicted octanol–water partition coefficient (Wildman–Crippen LogP) is -17.7. The van der Waals surface area contributed by atoms with Gasteiger partial charge in [-0.3, -0.25) is 24.0 Å². The maximum atomic E-state index is 12.9. The molecule has 8 rings (SSSR count). The number of amides is 5. The van der Waals surface area contributed by atoms with Crippen LogP contribution >= 0.6 is 0 Å². The van der Waals surface area contributed by atoms with Crippen LogP contribution in [0.15, 0.2) is 0 Å². The van der Waals surface area contributed by atoms with Gasteiger partial charge in [0.05, 0.1) is 52.9 Å². The van der Waals surface area contributed by atoms with Crippen molar-refractivity contribution in [3.8, 4) is 0 Å². The summed E-state index contributed by atoms with van der Waals surface area (Å²) in [6.45, 7) is -3.60. The fourth-order valence-electron chi connectivity index (χ4n) is 13.4. The number of nitrogens with one attached hydrogen (secondary N) is 5. The zero-order valence-electron chi connectivity index (χ0n) is 56.3. The van der Waals surface area contributed by atoms with E-state index in [1.165, 1.54) is 0 Å². The quantitative estimate of drug-likeness (QED) is 0.0363. The third kappa shape index (κ3) is 19.2. The molecule has 0 saturated carbocycles. The van der Waals surface area contributed by atoms with Gasteiger partial charge in [-0.15, -0.1) is 0 Å². The highest BCUT2D eigenvalue weighted by Gasteiger charge is 2.60. The molecule has 8 saturated heterocycles. The summed E-state index contributed by atoms with van der Waals surface area (Å²) in [6, 6.07) is -8.75. The number of carbonyl (C=O) groups is 5. The van der Waals surface area contributed by atoms with E-state index in [1.54, 1.807) is 0 Å². The fourth-order valence-corrected chi connectivity index (χ4v) is 13.4. The second-order valence-corrected chi connectivity index (χ2v) is 26.1. The molecule has 40 atom stereocenters. The van der Waals surface area contributed by atoms with E-state index in [-0.39, 0.29) is 0 Å². The molecule has 0 bridgehead atoms. The van der Waals surface area contributed by atoms with Gasteiger partial charge in [-0.2, -0.15) is 0 Å². The summed E-state index contributed by atoms with van der Waals surface area (Å²) in [5.74, 6) is -4.23. The van der Waals surface area contributed by atoms with Gasteiger partial charge in [0.2, 0.25) is 29.5 Å². The van der Waals surface area contributed by atoms with E-state index < -0.39 is 328 Å². The van der Waals surface area contributed by atoms with Crippen LogP contribution in [0.2, 0.25) is 0 Å². The largest absolute Gasteiger partial charge is 0.394 e. The number of ether oxygens (including phenoxy) is 15. The average Bonchev–Trinajstić information content (AvgIpc) is 0.727. The SMILES string of the molecule is CC(=O)N[C@@H]1[C@@H](O)[C@H](O[C@@H]2O[C@H](CO)[C@@H](O[C@@H]3O[C@H](CO[C@H]4O[C@H](CO)[C@@H](O[C@@H]5O[C@H](CO)[C@@H](O)[C@H](O)[C@H]5NC(C)=O)[C@H](O)[C@@H]4O)[C@@H](O)[C@H](O[C@H]4O[C@H](CO)[C@@H](O[C@@H]5O[C@H](CO)[C@@H](O)[C@@H](O)[C@H]5NC(C)=O)[C@H](O)[C@@H]4O[C@@H]4O[C@H](CO)[C@@H](O)[C@H](O)[C@H]4NC(C)=O)[C@@H]3O)[C@H](O)[C@H]2NC(C)=O)[C@@H](CO)O[C@H]1O. The van der Waals surface area contributed by atoms with Gasteiger partial charge in [-0.05, 0) is 0 Å². The molecule has 600 valence electrons. The van der Waals surface area contributed by atoms with Crippen molar-refractivity contribution in [2.45, 2.75) is 280 Å². The molecular weight excluding hydrogens is 1420 g/mol. The Balaban J connectivity index is 1.16. The summed E-state index contributed by atoms with van der Waals surface area (Å²) in [5, 5.41) is 246. The Morgan fingerprint density at radius 3 is 0.913 bits per heavy atom. The van der Waals surface area contributed by atoms with Gasteiger partial charge < -0.3 is 205 Å². The third-order valence-electron chi connectivity index (χ3n) is 18.6. The minimum Gasteiger partial charge on any atom is -0.394 e. The Morgan fingerprint density at radius 2 is 0.529 bits per heavy atom. The minimum atomic E-state index is -2.55. The smallest absolute Gasteiger partial charge is 0.217 e. The number of aliphatic hydroxyl groups excluding tert-OH is 21. The zero-order chi connectivity index (χ0) is 76.8. The normalized spacial score (nSPS) is 47.2. The monoisotopic (exact) mass is 1520 g/mol. The van der Waals surface area contributed by atoms with E-state index >= 15 is 0 Å². The van der Waals surface area contributed by atoms with Crippen LogP contribution in [-0.4, -0.2) is 435 Å². The molecule has 8 fully saturated rings. The lowest BCUT2D eigenvalue weighted by Gasteiger charge is -2.51. The van der Waals surface area contributed by atoms with Crippen molar-refractivity contribution < 1.29 is 202 Å². The lowest BCUT2D eigenvalue weighted by Crippen LogP contribution is -2.71. The Kier molecular flexibility index (Phi) is 30.9. The highest BCUT2D eigenvalue weighted by Crippen LogP contribution is 2.39. The second-order valence-electron chi connectivity index (χ2n) is 26.1. The van der Waals surface area contributed by atoms with Gasteiger partial charge in [0.25, 0.3) is 0 Å². The fraction of sp³-hybridized carbons (Fsp3) is 0.914. The molecule has 8 aliphatic rings. The molecule has 0 spiro atoms. The molecule has 0 radical (unpaired) electrons. The lowest BCUT2D eigenvalue weighted by atomic mass is 9.93. The number of hydrogen-bond acceptors (Lipinski definition) is 41. The highest BCUT2D eigenvalue weighted by atomic mass is 16.8. The molecule has 5 amide bonds. The van der Waals surface area contributed by atoms with Crippen LogP contribution in [0.5, 0.6) is 0 Å². The standard InChI is InChI=1S/C58H97N5O41/c1-14(71)59-27-39(83)45(22(9-67)91-51(27)89)99-55-31(63-18(5)75)40(84)46(23(10-68)95-55)102-57-44(88)49(35(79)26(98-57)13-90-56-42(86)41(85)47(24(11-69)96-56)100-52-28(60-15(2)72)36(80)32(76)19(6-64)92-52)103-58-50(104-54-30(62-17(4)74)38(82)34(78)21(8-66)94-54)43(87)48(25(12-70)97-58)101-53-29(61-16(3)73)37(81)33(77)20(7-65)93-53/h19-58,64-70,76-89H,6-13H2,1-5H3,(H,59,71)(H,60,72)(H,61,73)(H,62,74)(H,63,75)/t19-,20-,21-,22-,23-,24-,25-,26-,27-,28-,29-,30-,31-,32-,33-,34-,35-,36-,37+,38-,39-,40-,41-,42+,43+,44+,45-,46-,47-,48-,49+,50+,51-,52+,53+,54+,55+,56+,57+,58-/m1/s1.